The fourth-order valence-electron chi connectivity index (χ4n) is 2.28. The maximum absolute atomic E-state index is 11.1. The van der Waals surface area contributed by atoms with Crippen LogP contribution in [0.5, 0.6) is 0 Å². The average molecular weight is 228 g/mol. The van der Waals surface area contributed by atoms with E-state index in [1.165, 1.54) is 6.42 Å². The van der Waals surface area contributed by atoms with Crippen molar-refractivity contribution >= 4 is 5.97 Å². The second kappa shape index (κ2) is 5.15. The predicted octanol–water partition coefficient (Wildman–Crippen LogP) is 1.17. The number of hydrogen-bond donors (Lipinski definition) is 2. The molecule has 1 fully saturated rings. The van der Waals surface area contributed by atoms with Crippen LogP contribution >= 0.6 is 0 Å². The third-order valence-corrected chi connectivity index (χ3v) is 3.82. The van der Waals surface area contributed by atoms with E-state index in [0.717, 1.165) is 19.4 Å². The molecule has 4 nitrogen and oxygen atoms in total. The molecule has 1 unspecified atom stereocenters. The molecule has 0 bridgehead atoms. The van der Waals surface area contributed by atoms with Gasteiger partial charge in [-0.2, -0.15) is 0 Å². The van der Waals surface area contributed by atoms with Gasteiger partial charge in [0.25, 0.3) is 0 Å². The Labute approximate surface area is 98.0 Å². The zero-order valence-corrected chi connectivity index (χ0v) is 10.8. The molecule has 1 rings (SSSR count). The Bertz CT molecular complexity index is 247. The van der Waals surface area contributed by atoms with Crippen molar-refractivity contribution in [3.8, 4) is 0 Å². The Morgan fingerprint density at radius 3 is 2.25 bits per heavy atom. The van der Waals surface area contributed by atoms with Crippen LogP contribution in [0.25, 0.3) is 0 Å². The molecule has 0 aromatic heterocycles. The van der Waals surface area contributed by atoms with Gasteiger partial charge in [0.2, 0.25) is 0 Å². The molecule has 1 aliphatic carbocycles. The topological polar surface area (TPSA) is 52.6 Å². The minimum Gasteiger partial charge on any atom is -0.480 e. The molecule has 1 saturated carbocycles. The van der Waals surface area contributed by atoms with Crippen molar-refractivity contribution in [2.45, 2.75) is 44.7 Å². The minimum absolute atomic E-state index is 0.122. The number of carbonyl (C=O) groups is 1. The number of carboxylic acids is 1. The highest BCUT2D eigenvalue weighted by molar-refractivity contribution is 5.73. The van der Waals surface area contributed by atoms with Crippen LogP contribution in [0.15, 0.2) is 0 Å². The monoisotopic (exact) mass is 228 g/mol. The van der Waals surface area contributed by atoms with Crippen molar-refractivity contribution in [2.75, 3.05) is 20.6 Å². The van der Waals surface area contributed by atoms with Gasteiger partial charge in [0.05, 0.1) is 0 Å². The highest BCUT2D eigenvalue weighted by Crippen LogP contribution is 2.35. The number of likely N-dealkylation sites (N-methyl/N-ethyl adjacent to an activating group) is 1. The first-order valence-electron chi connectivity index (χ1n) is 6.03. The third kappa shape index (κ3) is 2.74. The highest BCUT2D eigenvalue weighted by atomic mass is 16.4. The van der Waals surface area contributed by atoms with E-state index >= 15 is 0 Å². The first kappa shape index (κ1) is 13.5. The molecule has 1 aliphatic rings. The summed E-state index contributed by atoms with van der Waals surface area (Å²) in [6.45, 7) is 4.65. The van der Waals surface area contributed by atoms with Crippen molar-refractivity contribution in [1.29, 1.82) is 0 Å². The summed E-state index contributed by atoms with van der Waals surface area (Å²) in [4.78, 5) is 13.3. The molecule has 16 heavy (non-hydrogen) atoms. The van der Waals surface area contributed by atoms with E-state index < -0.39 is 12.0 Å². The number of hydrogen-bond acceptors (Lipinski definition) is 3. The molecular formula is C12H24N2O2. The fourth-order valence-corrected chi connectivity index (χ4v) is 2.28. The molecule has 1 atom stereocenters. The molecule has 0 spiro atoms. The van der Waals surface area contributed by atoms with Gasteiger partial charge >= 0.3 is 5.97 Å². The van der Waals surface area contributed by atoms with Crippen LogP contribution in [0, 0.1) is 5.92 Å². The Morgan fingerprint density at radius 1 is 1.44 bits per heavy atom. The Balaban J connectivity index is 2.51. The SMILES string of the molecule is CC(C)C(NCC1(N(C)C)CCC1)C(=O)O. The fraction of sp³-hybridized carbons (Fsp3) is 0.917. The van der Waals surface area contributed by atoms with E-state index in [9.17, 15) is 4.79 Å². The molecule has 0 amide bonds. The second-order valence-corrected chi connectivity index (χ2v) is 5.41. The summed E-state index contributed by atoms with van der Waals surface area (Å²) in [7, 11) is 4.15. The van der Waals surface area contributed by atoms with Crippen molar-refractivity contribution in [1.82, 2.24) is 10.2 Å². The van der Waals surface area contributed by atoms with E-state index in [-0.39, 0.29) is 11.5 Å². The summed E-state index contributed by atoms with van der Waals surface area (Å²) in [5.41, 5.74) is 0.183. The van der Waals surface area contributed by atoms with Gasteiger partial charge in [0.1, 0.15) is 6.04 Å². The standard InChI is InChI=1S/C12H24N2O2/c1-9(2)10(11(15)16)13-8-12(14(3)4)6-5-7-12/h9-10,13H,5-8H2,1-4H3,(H,15,16). The van der Waals surface area contributed by atoms with Gasteiger partial charge in [0.15, 0.2) is 0 Å². The summed E-state index contributed by atoms with van der Waals surface area (Å²) < 4.78 is 0. The summed E-state index contributed by atoms with van der Waals surface area (Å²) in [6, 6.07) is -0.433. The van der Waals surface area contributed by atoms with E-state index in [4.69, 9.17) is 5.11 Å². The number of nitrogens with zero attached hydrogens (tertiary/aromatic N) is 1. The number of aliphatic carboxylic acids is 1. The van der Waals surface area contributed by atoms with Gasteiger partial charge in [-0.1, -0.05) is 13.8 Å². The largest absolute Gasteiger partial charge is 0.480 e. The lowest BCUT2D eigenvalue weighted by molar-refractivity contribution is -0.140. The zero-order chi connectivity index (χ0) is 12.3. The summed E-state index contributed by atoms with van der Waals surface area (Å²) in [5, 5.41) is 12.3. The molecule has 0 saturated heterocycles. The van der Waals surface area contributed by atoms with Crippen molar-refractivity contribution < 1.29 is 9.90 Å². The van der Waals surface area contributed by atoms with Gasteiger partial charge in [0, 0.05) is 12.1 Å². The first-order valence-corrected chi connectivity index (χ1v) is 6.03. The molecule has 0 aromatic rings. The summed E-state index contributed by atoms with van der Waals surface area (Å²) in [6.07, 6.45) is 3.58. The van der Waals surface area contributed by atoms with Crippen LogP contribution < -0.4 is 5.32 Å². The van der Waals surface area contributed by atoms with Crippen LogP contribution in [0.4, 0.5) is 0 Å². The van der Waals surface area contributed by atoms with Gasteiger partial charge in [-0.15, -0.1) is 0 Å². The molecule has 0 aliphatic heterocycles. The Morgan fingerprint density at radius 2 is 2.00 bits per heavy atom. The Hall–Kier alpha value is -0.610. The average Bonchev–Trinajstić information content (AvgIpc) is 2.06. The Kier molecular flexibility index (Phi) is 4.33. The van der Waals surface area contributed by atoms with Gasteiger partial charge in [-0.05, 0) is 39.3 Å². The van der Waals surface area contributed by atoms with E-state index in [0.29, 0.717) is 0 Å². The normalized spacial score (nSPS) is 20.9. The quantitative estimate of drug-likeness (QED) is 0.716. The van der Waals surface area contributed by atoms with E-state index in [1.54, 1.807) is 0 Å². The second-order valence-electron chi connectivity index (χ2n) is 5.41. The third-order valence-electron chi connectivity index (χ3n) is 3.82. The predicted molar refractivity (Wildman–Crippen MR) is 64.5 cm³/mol. The molecular weight excluding hydrogens is 204 g/mol. The molecule has 0 heterocycles. The molecule has 0 radical (unpaired) electrons. The summed E-state index contributed by atoms with van der Waals surface area (Å²) >= 11 is 0. The van der Waals surface area contributed by atoms with Crippen LogP contribution in [0.3, 0.4) is 0 Å². The molecule has 94 valence electrons. The van der Waals surface area contributed by atoms with Crippen LogP contribution in [-0.2, 0) is 4.79 Å². The summed E-state index contributed by atoms with van der Waals surface area (Å²) in [5.74, 6) is -0.625. The molecule has 0 aromatic carbocycles. The lowest BCUT2D eigenvalue weighted by Crippen LogP contribution is -2.59. The van der Waals surface area contributed by atoms with Gasteiger partial charge in [-0.3, -0.25) is 4.79 Å². The van der Waals surface area contributed by atoms with Crippen LogP contribution in [0.2, 0.25) is 0 Å². The van der Waals surface area contributed by atoms with Crippen LogP contribution in [0.1, 0.15) is 33.1 Å². The highest BCUT2D eigenvalue weighted by Gasteiger charge is 2.39. The lowest BCUT2D eigenvalue weighted by atomic mass is 9.75. The van der Waals surface area contributed by atoms with Crippen LogP contribution in [-0.4, -0.2) is 48.2 Å². The molecule has 4 heteroatoms. The maximum atomic E-state index is 11.1. The van der Waals surface area contributed by atoms with Crippen molar-refractivity contribution in [3.63, 3.8) is 0 Å². The van der Waals surface area contributed by atoms with Gasteiger partial charge in [-0.25, -0.2) is 0 Å². The van der Waals surface area contributed by atoms with Gasteiger partial charge < -0.3 is 15.3 Å². The number of nitrogens with one attached hydrogen (secondary N) is 1. The smallest absolute Gasteiger partial charge is 0.320 e. The van der Waals surface area contributed by atoms with E-state index in [1.807, 2.05) is 13.8 Å². The lowest BCUT2D eigenvalue weighted by Gasteiger charge is -2.48. The van der Waals surface area contributed by atoms with Crippen molar-refractivity contribution in [2.24, 2.45) is 5.92 Å². The molecule has 2 N–H and O–H groups in total. The van der Waals surface area contributed by atoms with Crippen molar-refractivity contribution in [3.05, 3.63) is 0 Å². The number of carboxylic acid groups (broad SMARTS) is 1. The minimum atomic E-state index is -0.747. The maximum Gasteiger partial charge on any atom is 0.320 e. The number of rotatable bonds is 6. The first-order chi connectivity index (χ1) is 7.39. The van der Waals surface area contributed by atoms with E-state index in [2.05, 4.69) is 24.3 Å². The zero-order valence-electron chi connectivity index (χ0n) is 10.8.